The molecule has 0 radical (unpaired) electrons. The largest absolute Gasteiger partial charge is 0.0888 e. The predicted octanol–water partition coefficient (Wildman–Crippen LogP) is 3.78. The van der Waals surface area contributed by atoms with Crippen LogP contribution in [0.2, 0.25) is 0 Å². The summed E-state index contributed by atoms with van der Waals surface area (Å²) >= 11 is 0. The highest BCUT2D eigenvalue weighted by molar-refractivity contribution is 4.80. The highest BCUT2D eigenvalue weighted by Gasteiger charge is 1.94. The summed E-state index contributed by atoms with van der Waals surface area (Å²) in [5.41, 5.74) is 0. The zero-order chi connectivity index (χ0) is 7.82. The number of hydrogen-bond acceptors (Lipinski definition) is 0. The van der Waals surface area contributed by atoms with E-state index in [-0.39, 0.29) is 0 Å². The molecule has 0 saturated heterocycles. The van der Waals surface area contributed by atoms with Gasteiger partial charge in [0.15, 0.2) is 0 Å². The molecule has 0 nitrogen and oxygen atoms in total. The van der Waals surface area contributed by atoms with Gasteiger partial charge in [-0.2, -0.15) is 0 Å². The van der Waals surface area contributed by atoms with Crippen LogP contribution in [0.15, 0.2) is 12.2 Å². The standard InChI is InChI=1S/C10H20/c1-4-6-7-8-9-10(3)5-2/h6-7,10H,4-5,8-9H2,1-3H3/b7-6-. The summed E-state index contributed by atoms with van der Waals surface area (Å²) in [4.78, 5) is 0. The third-order valence-corrected chi connectivity index (χ3v) is 1.93. The van der Waals surface area contributed by atoms with Gasteiger partial charge in [-0.05, 0) is 25.2 Å². The number of hydrogen-bond donors (Lipinski definition) is 0. The fraction of sp³-hybridized carbons (Fsp3) is 0.800. The van der Waals surface area contributed by atoms with Crippen molar-refractivity contribution in [3.05, 3.63) is 12.2 Å². The molecule has 0 aliphatic heterocycles. The maximum Gasteiger partial charge on any atom is -0.0348 e. The molecule has 1 unspecified atom stereocenters. The molecular formula is C10H20. The van der Waals surface area contributed by atoms with Crippen LogP contribution in [0.1, 0.15) is 46.5 Å². The van der Waals surface area contributed by atoms with Crippen molar-refractivity contribution >= 4 is 0 Å². The Balaban J connectivity index is 3.10. The summed E-state index contributed by atoms with van der Waals surface area (Å²) in [5.74, 6) is 0.904. The van der Waals surface area contributed by atoms with E-state index >= 15 is 0 Å². The molecule has 10 heavy (non-hydrogen) atoms. The van der Waals surface area contributed by atoms with E-state index < -0.39 is 0 Å². The van der Waals surface area contributed by atoms with Crippen LogP contribution in [-0.4, -0.2) is 0 Å². The summed E-state index contributed by atoms with van der Waals surface area (Å²) < 4.78 is 0. The maximum atomic E-state index is 2.32. The van der Waals surface area contributed by atoms with Crippen LogP contribution in [0.5, 0.6) is 0 Å². The molecule has 0 aromatic rings. The van der Waals surface area contributed by atoms with Gasteiger partial charge in [0.25, 0.3) is 0 Å². The molecule has 0 fully saturated rings. The third-order valence-electron chi connectivity index (χ3n) is 1.93. The Morgan fingerprint density at radius 2 is 1.90 bits per heavy atom. The molecule has 0 bridgehead atoms. The van der Waals surface area contributed by atoms with Gasteiger partial charge >= 0.3 is 0 Å². The molecule has 0 heteroatoms. The second kappa shape index (κ2) is 6.85. The number of rotatable bonds is 5. The molecule has 0 N–H and O–H groups in total. The van der Waals surface area contributed by atoms with Crippen molar-refractivity contribution in [2.24, 2.45) is 5.92 Å². The van der Waals surface area contributed by atoms with Gasteiger partial charge in [-0.1, -0.05) is 39.3 Å². The fourth-order valence-electron chi connectivity index (χ4n) is 0.869. The van der Waals surface area contributed by atoms with Gasteiger partial charge in [0.2, 0.25) is 0 Å². The van der Waals surface area contributed by atoms with Crippen molar-refractivity contribution in [1.82, 2.24) is 0 Å². The van der Waals surface area contributed by atoms with Gasteiger partial charge in [0, 0.05) is 0 Å². The summed E-state index contributed by atoms with van der Waals surface area (Å²) in [5, 5.41) is 0. The Bertz CT molecular complexity index is 82.0. The first-order valence-corrected chi connectivity index (χ1v) is 4.46. The van der Waals surface area contributed by atoms with E-state index in [1.807, 2.05) is 0 Å². The van der Waals surface area contributed by atoms with Crippen LogP contribution in [0, 0.1) is 5.92 Å². The zero-order valence-electron chi connectivity index (χ0n) is 7.56. The van der Waals surface area contributed by atoms with Crippen LogP contribution in [0.3, 0.4) is 0 Å². The summed E-state index contributed by atoms with van der Waals surface area (Å²) in [6, 6.07) is 0. The van der Waals surface area contributed by atoms with Gasteiger partial charge in [0.1, 0.15) is 0 Å². The highest BCUT2D eigenvalue weighted by Crippen LogP contribution is 2.09. The molecule has 60 valence electrons. The van der Waals surface area contributed by atoms with Crippen molar-refractivity contribution in [1.29, 1.82) is 0 Å². The predicted molar refractivity (Wildman–Crippen MR) is 48.1 cm³/mol. The summed E-state index contributed by atoms with van der Waals surface area (Å²) in [6.45, 7) is 6.76. The lowest BCUT2D eigenvalue weighted by Crippen LogP contribution is -1.89. The molecule has 0 aliphatic carbocycles. The van der Waals surface area contributed by atoms with Crippen LogP contribution < -0.4 is 0 Å². The highest BCUT2D eigenvalue weighted by atomic mass is 14.0. The van der Waals surface area contributed by atoms with E-state index in [0.29, 0.717) is 0 Å². The zero-order valence-corrected chi connectivity index (χ0v) is 7.56. The Kier molecular flexibility index (Phi) is 6.68. The van der Waals surface area contributed by atoms with Crippen LogP contribution in [0.25, 0.3) is 0 Å². The quantitative estimate of drug-likeness (QED) is 0.510. The minimum Gasteiger partial charge on any atom is -0.0888 e. The molecule has 1 atom stereocenters. The first-order valence-electron chi connectivity index (χ1n) is 4.46. The van der Waals surface area contributed by atoms with Gasteiger partial charge in [-0.3, -0.25) is 0 Å². The van der Waals surface area contributed by atoms with Gasteiger partial charge < -0.3 is 0 Å². The minimum absolute atomic E-state index is 0.904. The van der Waals surface area contributed by atoms with Crippen molar-refractivity contribution < 1.29 is 0 Å². The molecule has 0 heterocycles. The Morgan fingerprint density at radius 3 is 2.40 bits per heavy atom. The van der Waals surface area contributed by atoms with E-state index in [1.54, 1.807) is 0 Å². The van der Waals surface area contributed by atoms with Crippen LogP contribution in [0.4, 0.5) is 0 Å². The molecule has 0 rings (SSSR count). The smallest absolute Gasteiger partial charge is 0.0348 e. The third kappa shape index (κ3) is 5.87. The van der Waals surface area contributed by atoms with E-state index in [1.165, 1.54) is 25.7 Å². The lowest BCUT2D eigenvalue weighted by Gasteiger charge is -2.03. The average Bonchev–Trinajstić information content (AvgIpc) is 1.98. The summed E-state index contributed by atoms with van der Waals surface area (Å²) in [7, 11) is 0. The molecule has 0 spiro atoms. The lowest BCUT2D eigenvalue weighted by atomic mass is 10.0. The van der Waals surface area contributed by atoms with E-state index in [2.05, 4.69) is 32.9 Å². The molecule has 0 aromatic heterocycles. The molecular weight excluding hydrogens is 120 g/mol. The second-order valence-electron chi connectivity index (χ2n) is 2.97. The van der Waals surface area contributed by atoms with Crippen molar-refractivity contribution in [3.63, 3.8) is 0 Å². The average molecular weight is 140 g/mol. The number of allylic oxidation sites excluding steroid dienone is 2. The van der Waals surface area contributed by atoms with Gasteiger partial charge in [-0.15, -0.1) is 0 Å². The Labute approximate surface area is 65.3 Å². The molecule has 0 saturated carbocycles. The molecule has 0 aliphatic rings. The first kappa shape index (κ1) is 9.74. The Hall–Kier alpha value is -0.260. The first-order chi connectivity index (χ1) is 4.81. The van der Waals surface area contributed by atoms with E-state index in [0.717, 1.165) is 5.92 Å². The van der Waals surface area contributed by atoms with Crippen molar-refractivity contribution in [3.8, 4) is 0 Å². The normalized spacial score (nSPS) is 14.3. The Morgan fingerprint density at radius 1 is 1.20 bits per heavy atom. The molecule has 0 aromatic carbocycles. The monoisotopic (exact) mass is 140 g/mol. The van der Waals surface area contributed by atoms with E-state index in [4.69, 9.17) is 0 Å². The topological polar surface area (TPSA) is 0 Å². The fourth-order valence-corrected chi connectivity index (χ4v) is 0.869. The van der Waals surface area contributed by atoms with E-state index in [9.17, 15) is 0 Å². The van der Waals surface area contributed by atoms with Crippen molar-refractivity contribution in [2.75, 3.05) is 0 Å². The molecule has 0 amide bonds. The summed E-state index contributed by atoms with van der Waals surface area (Å²) in [6.07, 6.45) is 9.67. The second-order valence-corrected chi connectivity index (χ2v) is 2.97. The van der Waals surface area contributed by atoms with Crippen LogP contribution >= 0.6 is 0 Å². The van der Waals surface area contributed by atoms with Gasteiger partial charge in [0.05, 0.1) is 0 Å². The SMILES string of the molecule is CC/C=C\CCC(C)CC. The van der Waals surface area contributed by atoms with Crippen LogP contribution in [-0.2, 0) is 0 Å². The minimum atomic E-state index is 0.904. The lowest BCUT2D eigenvalue weighted by molar-refractivity contribution is 0.521. The maximum absolute atomic E-state index is 2.32. The van der Waals surface area contributed by atoms with Crippen molar-refractivity contribution in [2.45, 2.75) is 46.5 Å². The van der Waals surface area contributed by atoms with Gasteiger partial charge in [-0.25, -0.2) is 0 Å².